The summed E-state index contributed by atoms with van der Waals surface area (Å²) in [5.41, 5.74) is -0.641. The molecule has 1 aliphatic heterocycles. The number of carbonyl (C=O) groups is 1. The molecule has 0 aromatic carbocycles. The molecule has 1 rings (SSSR count). The van der Waals surface area contributed by atoms with Crippen LogP contribution in [-0.4, -0.2) is 36.9 Å². The van der Waals surface area contributed by atoms with Crippen molar-refractivity contribution in [2.45, 2.75) is 51.0 Å². The lowest BCUT2D eigenvalue weighted by Crippen LogP contribution is -2.51. The number of carbonyl (C=O) groups excluding carboxylic acids is 1. The molecule has 0 radical (unpaired) electrons. The molecule has 2 N–H and O–H groups in total. The van der Waals surface area contributed by atoms with E-state index in [-0.39, 0.29) is 0 Å². The molecular weight excluding hydrogens is 244 g/mol. The summed E-state index contributed by atoms with van der Waals surface area (Å²) in [4.78, 5) is 13.1. The molecule has 6 nitrogen and oxygen atoms in total. The van der Waals surface area contributed by atoms with Crippen molar-refractivity contribution in [3.8, 4) is 0 Å². The average molecular weight is 264 g/mol. The van der Waals surface area contributed by atoms with E-state index >= 15 is 0 Å². The van der Waals surface area contributed by atoms with Crippen LogP contribution in [0.1, 0.15) is 40.0 Å². The van der Waals surface area contributed by atoms with Gasteiger partial charge in [-0.25, -0.2) is 18.4 Å². The average Bonchev–Trinajstić information content (AvgIpc) is 2.13. The predicted molar refractivity (Wildman–Crippen MR) is 63.7 cm³/mol. The van der Waals surface area contributed by atoms with Crippen molar-refractivity contribution < 1.29 is 17.9 Å². The fourth-order valence-electron chi connectivity index (χ4n) is 1.77. The van der Waals surface area contributed by atoms with Crippen LogP contribution in [0.5, 0.6) is 0 Å². The first kappa shape index (κ1) is 14.2. The van der Waals surface area contributed by atoms with Crippen LogP contribution in [0, 0.1) is 0 Å². The van der Waals surface area contributed by atoms with Gasteiger partial charge in [0.15, 0.2) is 5.37 Å². The minimum absolute atomic E-state index is 0.371. The fourth-order valence-corrected chi connectivity index (χ4v) is 2.81. The Hall–Kier alpha value is -0.820. The molecule has 0 aromatic heterocycles. The van der Waals surface area contributed by atoms with Crippen LogP contribution in [0.4, 0.5) is 4.79 Å². The number of primary sulfonamides is 1. The molecule has 7 heteroatoms. The first-order valence-corrected chi connectivity index (χ1v) is 7.23. The maximum Gasteiger partial charge on any atom is 0.411 e. The topological polar surface area (TPSA) is 89.7 Å². The zero-order chi connectivity index (χ0) is 13.3. The molecule has 1 fully saturated rings. The zero-order valence-corrected chi connectivity index (χ0v) is 11.3. The molecule has 0 aliphatic carbocycles. The lowest BCUT2D eigenvalue weighted by atomic mass is 10.1. The normalized spacial score (nSPS) is 22.4. The monoisotopic (exact) mass is 264 g/mol. The van der Waals surface area contributed by atoms with Crippen molar-refractivity contribution in [2.75, 3.05) is 6.54 Å². The maximum absolute atomic E-state index is 11.9. The van der Waals surface area contributed by atoms with Gasteiger partial charge in [0.1, 0.15) is 5.60 Å². The Morgan fingerprint density at radius 1 is 1.35 bits per heavy atom. The molecule has 0 aromatic rings. The number of hydrogen-bond acceptors (Lipinski definition) is 4. The maximum atomic E-state index is 11.9. The van der Waals surface area contributed by atoms with Gasteiger partial charge < -0.3 is 4.74 Å². The Bertz CT molecular complexity index is 386. The number of rotatable bonds is 1. The number of sulfonamides is 1. The Morgan fingerprint density at radius 3 is 2.41 bits per heavy atom. The number of hydrogen-bond donors (Lipinski definition) is 1. The summed E-state index contributed by atoms with van der Waals surface area (Å²) in [7, 11) is -3.75. The van der Waals surface area contributed by atoms with E-state index < -0.39 is 27.1 Å². The minimum Gasteiger partial charge on any atom is -0.444 e. The SMILES string of the molecule is CC(C)(C)OC(=O)N1CCCCC1S(N)(=O)=O. The van der Waals surface area contributed by atoms with Gasteiger partial charge >= 0.3 is 6.09 Å². The highest BCUT2D eigenvalue weighted by Gasteiger charge is 2.36. The van der Waals surface area contributed by atoms with E-state index in [0.717, 1.165) is 12.8 Å². The molecule has 100 valence electrons. The summed E-state index contributed by atoms with van der Waals surface area (Å²) >= 11 is 0. The van der Waals surface area contributed by atoms with Crippen molar-refractivity contribution in [3.05, 3.63) is 0 Å². The molecule has 1 aliphatic rings. The molecule has 1 amide bonds. The van der Waals surface area contributed by atoms with Crippen LogP contribution in [0.2, 0.25) is 0 Å². The lowest BCUT2D eigenvalue weighted by Gasteiger charge is -2.35. The van der Waals surface area contributed by atoms with E-state index in [2.05, 4.69) is 0 Å². The van der Waals surface area contributed by atoms with Crippen LogP contribution in [0.3, 0.4) is 0 Å². The Labute approximate surface area is 102 Å². The van der Waals surface area contributed by atoms with Crippen molar-refractivity contribution in [1.29, 1.82) is 0 Å². The molecule has 1 unspecified atom stereocenters. The Morgan fingerprint density at radius 2 is 1.94 bits per heavy atom. The first-order valence-electron chi connectivity index (χ1n) is 5.62. The first-order chi connectivity index (χ1) is 7.61. The quantitative estimate of drug-likeness (QED) is 0.765. The van der Waals surface area contributed by atoms with E-state index in [9.17, 15) is 13.2 Å². The third-order valence-corrected chi connectivity index (χ3v) is 3.70. The molecule has 0 bridgehead atoms. The lowest BCUT2D eigenvalue weighted by molar-refractivity contribution is 0.0177. The van der Waals surface area contributed by atoms with E-state index in [4.69, 9.17) is 9.88 Å². The van der Waals surface area contributed by atoms with Gasteiger partial charge in [-0.15, -0.1) is 0 Å². The summed E-state index contributed by atoms with van der Waals surface area (Å²) in [6, 6.07) is 0. The minimum atomic E-state index is -3.75. The molecule has 17 heavy (non-hydrogen) atoms. The number of piperidine rings is 1. The number of amides is 1. The highest BCUT2D eigenvalue weighted by molar-refractivity contribution is 7.89. The second-order valence-corrected chi connectivity index (χ2v) is 6.94. The van der Waals surface area contributed by atoms with Gasteiger partial charge in [0.25, 0.3) is 0 Å². The second-order valence-electron chi connectivity index (χ2n) is 5.21. The van der Waals surface area contributed by atoms with Gasteiger partial charge in [0, 0.05) is 6.54 Å². The van der Waals surface area contributed by atoms with Gasteiger partial charge in [-0.1, -0.05) is 0 Å². The van der Waals surface area contributed by atoms with Crippen molar-refractivity contribution >= 4 is 16.1 Å². The van der Waals surface area contributed by atoms with Crippen molar-refractivity contribution in [3.63, 3.8) is 0 Å². The van der Waals surface area contributed by atoms with E-state index in [1.807, 2.05) is 0 Å². The molecule has 0 spiro atoms. The zero-order valence-electron chi connectivity index (χ0n) is 10.5. The van der Waals surface area contributed by atoms with Gasteiger partial charge in [-0.2, -0.15) is 0 Å². The molecule has 1 saturated heterocycles. The van der Waals surface area contributed by atoms with E-state index in [1.54, 1.807) is 20.8 Å². The van der Waals surface area contributed by atoms with Crippen LogP contribution in [0.25, 0.3) is 0 Å². The second kappa shape index (κ2) is 4.81. The van der Waals surface area contributed by atoms with E-state index in [1.165, 1.54) is 4.90 Å². The summed E-state index contributed by atoms with van der Waals surface area (Å²) in [5.74, 6) is 0. The Kier molecular flexibility index (Phi) is 4.03. The molecule has 0 saturated carbocycles. The van der Waals surface area contributed by atoms with Crippen LogP contribution >= 0.6 is 0 Å². The third-order valence-electron chi connectivity index (χ3n) is 2.45. The highest BCUT2D eigenvalue weighted by atomic mass is 32.2. The largest absolute Gasteiger partial charge is 0.444 e. The Balaban J connectivity index is 2.82. The summed E-state index contributed by atoms with van der Waals surface area (Å²) in [6.07, 6.45) is 1.28. The summed E-state index contributed by atoms with van der Waals surface area (Å²) in [5, 5.41) is 4.17. The molecular formula is C10H20N2O4S. The molecule has 1 heterocycles. The standard InChI is InChI=1S/C10H20N2O4S/c1-10(2,3)16-9(13)12-7-5-4-6-8(12)17(11,14)15/h8H,4-7H2,1-3H3,(H2,11,14,15). The van der Waals surface area contributed by atoms with Crippen LogP contribution in [-0.2, 0) is 14.8 Å². The third kappa shape index (κ3) is 4.16. The van der Waals surface area contributed by atoms with Gasteiger partial charge in [0.2, 0.25) is 10.0 Å². The number of nitrogens with two attached hydrogens (primary N) is 1. The van der Waals surface area contributed by atoms with Crippen LogP contribution in [0.15, 0.2) is 0 Å². The van der Waals surface area contributed by atoms with Gasteiger partial charge in [-0.3, -0.25) is 4.90 Å². The number of likely N-dealkylation sites (tertiary alicyclic amines) is 1. The smallest absolute Gasteiger partial charge is 0.411 e. The highest BCUT2D eigenvalue weighted by Crippen LogP contribution is 2.22. The summed E-state index contributed by atoms with van der Waals surface area (Å²) in [6.45, 7) is 5.58. The van der Waals surface area contributed by atoms with Crippen LogP contribution < -0.4 is 5.14 Å². The van der Waals surface area contributed by atoms with Crippen molar-refractivity contribution in [1.82, 2.24) is 4.90 Å². The van der Waals surface area contributed by atoms with Crippen molar-refractivity contribution in [2.24, 2.45) is 5.14 Å². The fraction of sp³-hybridized carbons (Fsp3) is 0.900. The summed E-state index contributed by atoms with van der Waals surface area (Å²) < 4.78 is 28.0. The number of nitrogens with zero attached hydrogens (tertiary/aromatic N) is 1. The van der Waals surface area contributed by atoms with Gasteiger partial charge in [0.05, 0.1) is 0 Å². The predicted octanol–water partition coefficient (Wildman–Crippen LogP) is 1.02. The van der Waals surface area contributed by atoms with E-state index in [0.29, 0.717) is 13.0 Å². The van der Waals surface area contributed by atoms with Gasteiger partial charge in [-0.05, 0) is 40.0 Å². The number of ether oxygens (including phenoxy) is 1. The molecule has 1 atom stereocenters.